The van der Waals surface area contributed by atoms with E-state index in [1.54, 1.807) is 24.3 Å². The van der Waals surface area contributed by atoms with Gasteiger partial charge >= 0.3 is 5.56 Å². The first-order valence-electron chi connectivity index (χ1n) is 3.48. The maximum atomic E-state index is 11.1. The molecule has 0 amide bonds. The third-order valence-electron chi connectivity index (χ3n) is 1.67. The summed E-state index contributed by atoms with van der Waals surface area (Å²) in [5, 5.41) is 14.1. The van der Waals surface area contributed by atoms with Gasteiger partial charge < -0.3 is 5.21 Å². The second-order valence-electron chi connectivity index (χ2n) is 2.48. The molecule has 2 rings (SSSR count). The summed E-state index contributed by atoms with van der Waals surface area (Å²) in [5.74, 6) is 0. The van der Waals surface area contributed by atoms with Crippen LogP contribution in [0.2, 0.25) is 0 Å². The quantitative estimate of drug-likeness (QED) is 0.443. The fourth-order valence-electron chi connectivity index (χ4n) is 1.14. The number of H-pyrrole nitrogens is 1. The Hall–Kier alpha value is -1.84. The van der Waals surface area contributed by atoms with Gasteiger partial charge in [0.1, 0.15) is 0 Å². The molecule has 0 spiro atoms. The standard InChI is InChI=1S/C8H6N2O2/c11-8-7-4-2-1-3-6(7)5-10(12)9-8/h1-5H,(H,9,11). The molecule has 0 saturated carbocycles. The Morgan fingerprint density at radius 3 is 2.92 bits per heavy atom. The molecule has 0 atom stereocenters. The molecule has 0 saturated heterocycles. The zero-order chi connectivity index (χ0) is 8.55. The van der Waals surface area contributed by atoms with Gasteiger partial charge in [-0.25, -0.2) is 0 Å². The summed E-state index contributed by atoms with van der Waals surface area (Å²) in [6.45, 7) is 0. The minimum Gasteiger partial charge on any atom is -0.596 e. The van der Waals surface area contributed by atoms with Crippen LogP contribution < -0.4 is 10.4 Å². The summed E-state index contributed by atoms with van der Waals surface area (Å²) in [5.41, 5.74) is -0.358. The average Bonchev–Trinajstić information content (AvgIpc) is 2.04. The molecule has 1 heterocycles. The molecule has 1 N–H and O–H groups in total. The number of fused-ring (bicyclic) bond motifs is 1. The summed E-state index contributed by atoms with van der Waals surface area (Å²) >= 11 is 0. The second-order valence-corrected chi connectivity index (χ2v) is 2.48. The lowest BCUT2D eigenvalue weighted by Gasteiger charge is -1.95. The molecule has 0 bridgehead atoms. The largest absolute Gasteiger partial charge is 0.596 e. The number of hydrogen-bond donors (Lipinski definition) is 1. The van der Waals surface area contributed by atoms with Crippen molar-refractivity contribution in [1.82, 2.24) is 5.10 Å². The third-order valence-corrected chi connectivity index (χ3v) is 1.67. The van der Waals surface area contributed by atoms with Gasteiger partial charge in [-0.1, -0.05) is 17.0 Å². The SMILES string of the molecule is O=c1[nH][n+]([O-])cc2ccccc12. The van der Waals surface area contributed by atoms with Crippen molar-refractivity contribution in [2.75, 3.05) is 0 Å². The van der Waals surface area contributed by atoms with Crippen molar-refractivity contribution in [2.24, 2.45) is 0 Å². The Bertz CT molecular complexity index is 476. The lowest BCUT2D eigenvalue weighted by molar-refractivity contribution is -0.669. The predicted octanol–water partition coefficient (Wildman–Crippen LogP) is 0.161. The molecule has 4 nitrogen and oxygen atoms in total. The highest BCUT2D eigenvalue weighted by Gasteiger charge is 2.00. The molecule has 1 aromatic heterocycles. The number of aromatic amines is 1. The van der Waals surface area contributed by atoms with Gasteiger partial charge in [0.15, 0.2) is 0 Å². The molecule has 60 valence electrons. The zero-order valence-electron chi connectivity index (χ0n) is 6.15. The van der Waals surface area contributed by atoms with Crippen molar-refractivity contribution in [3.05, 3.63) is 46.0 Å². The number of nitrogens with one attached hydrogen (secondary N) is 1. The highest BCUT2D eigenvalue weighted by atomic mass is 16.5. The molecule has 0 aliphatic rings. The van der Waals surface area contributed by atoms with Crippen LogP contribution in [0.25, 0.3) is 10.8 Å². The third kappa shape index (κ3) is 0.934. The molecular formula is C8H6N2O2. The van der Waals surface area contributed by atoms with Crippen molar-refractivity contribution >= 4 is 10.8 Å². The zero-order valence-corrected chi connectivity index (χ0v) is 6.15. The van der Waals surface area contributed by atoms with Gasteiger partial charge in [-0.3, -0.25) is 4.79 Å². The van der Waals surface area contributed by atoms with Crippen LogP contribution in [0.4, 0.5) is 0 Å². The maximum absolute atomic E-state index is 11.1. The summed E-state index contributed by atoms with van der Waals surface area (Å²) in [6.07, 6.45) is 1.33. The molecule has 4 heteroatoms. The van der Waals surface area contributed by atoms with Gasteiger partial charge in [-0.15, -0.1) is 5.10 Å². The van der Waals surface area contributed by atoms with E-state index in [-0.39, 0.29) is 5.56 Å². The van der Waals surface area contributed by atoms with E-state index in [9.17, 15) is 10.0 Å². The first-order chi connectivity index (χ1) is 5.77. The fraction of sp³-hybridized carbons (Fsp3) is 0. The van der Waals surface area contributed by atoms with Crippen molar-refractivity contribution < 1.29 is 4.85 Å². The summed E-state index contributed by atoms with van der Waals surface area (Å²) in [6, 6.07) is 6.93. The molecule has 0 fully saturated rings. The monoisotopic (exact) mass is 162 g/mol. The average molecular weight is 162 g/mol. The number of rotatable bonds is 0. The Labute approximate surface area is 67.6 Å². The van der Waals surface area contributed by atoms with Crippen LogP contribution in [-0.4, -0.2) is 5.10 Å². The van der Waals surface area contributed by atoms with Crippen LogP contribution >= 0.6 is 0 Å². The number of aromatic nitrogens is 2. The Morgan fingerprint density at radius 1 is 1.33 bits per heavy atom. The van der Waals surface area contributed by atoms with E-state index >= 15 is 0 Å². The smallest absolute Gasteiger partial charge is 0.307 e. The Kier molecular flexibility index (Phi) is 1.33. The lowest BCUT2D eigenvalue weighted by Crippen LogP contribution is -2.36. The van der Waals surface area contributed by atoms with Crippen LogP contribution in [0, 0.1) is 5.21 Å². The minimum absolute atomic E-state index is 0.358. The lowest BCUT2D eigenvalue weighted by atomic mass is 10.2. The topological polar surface area (TPSA) is 59.8 Å². The van der Waals surface area contributed by atoms with Gasteiger partial charge in [0.25, 0.3) is 0 Å². The van der Waals surface area contributed by atoms with E-state index in [1.165, 1.54) is 6.20 Å². The van der Waals surface area contributed by atoms with E-state index in [0.717, 1.165) is 0 Å². The molecule has 2 aromatic rings. The molecule has 0 aliphatic heterocycles. The van der Waals surface area contributed by atoms with Crippen molar-refractivity contribution in [3.63, 3.8) is 0 Å². The van der Waals surface area contributed by atoms with E-state index < -0.39 is 0 Å². The van der Waals surface area contributed by atoms with E-state index in [2.05, 4.69) is 5.10 Å². The van der Waals surface area contributed by atoms with E-state index in [4.69, 9.17) is 0 Å². The highest BCUT2D eigenvalue weighted by Crippen LogP contribution is 2.03. The molecular weight excluding hydrogens is 156 g/mol. The first kappa shape index (κ1) is 6.84. The van der Waals surface area contributed by atoms with Gasteiger partial charge in [-0.05, 0) is 12.1 Å². The summed E-state index contributed by atoms with van der Waals surface area (Å²) in [4.78, 5) is 11.5. The fourth-order valence-corrected chi connectivity index (χ4v) is 1.14. The highest BCUT2D eigenvalue weighted by molar-refractivity contribution is 5.79. The Balaban J connectivity index is 2.99. The van der Waals surface area contributed by atoms with Crippen LogP contribution in [-0.2, 0) is 0 Å². The summed E-state index contributed by atoms with van der Waals surface area (Å²) in [7, 11) is 0. The second kappa shape index (κ2) is 2.34. The maximum Gasteiger partial charge on any atom is 0.307 e. The normalized spacial score (nSPS) is 10.3. The van der Waals surface area contributed by atoms with Gasteiger partial charge in [-0.2, -0.15) is 0 Å². The Morgan fingerprint density at radius 2 is 2.08 bits per heavy atom. The van der Waals surface area contributed by atoms with Crippen LogP contribution in [0.5, 0.6) is 0 Å². The molecule has 0 aliphatic carbocycles. The van der Waals surface area contributed by atoms with Crippen molar-refractivity contribution in [2.45, 2.75) is 0 Å². The number of hydrogen-bond acceptors (Lipinski definition) is 2. The van der Waals surface area contributed by atoms with Gasteiger partial charge in [0, 0.05) is 0 Å². The molecule has 1 aromatic carbocycles. The number of nitrogens with zero attached hydrogens (tertiary/aromatic N) is 1. The van der Waals surface area contributed by atoms with Crippen LogP contribution in [0.1, 0.15) is 0 Å². The molecule has 0 unspecified atom stereocenters. The molecule has 0 radical (unpaired) electrons. The van der Waals surface area contributed by atoms with Gasteiger partial charge in [0.2, 0.25) is 6.20 Å². The van der Waals surface area contributed by atoms with Crippen LogP contribution in [0.15, 0.2) is 35.3 Å². The van der Waals surface area contributed by atoms with Crippen LogP contribution in [0.3, 0.4) is 0 Å². The number of benzene rings is 1. The van der Waals surface area contributed by atoms with Gasteiger partial charge in [0.05, 0.1) is 10.8 Å². The minimum atomic E-state index is -0.358. The van der Waals surface area contributed by atoms with Crippen molar-refractivity contribution in [3.8, 4) is 0 Å². The first-order valence-corrected chi connectivity index (χ1v) is 3.48. The van der Waals surface area contributed by atoms with E-state index in [0.29, 0.717) is 15.6 Å². The van der Waals surface area contributed by atoms with E-state index in [1.807, 2.05) is 0 Å². The molecule has 12 heavy (non-hydrogen) atoms. The predicted molar refractivity (Wildman–Crippen MR) is 43.5 cm³/mol. The van der Waals surface area contributed by atoms with Crippen molar-refractivity contribution in [1.29, 1.82) is 0 Å². The summed E-state index contributed by atoms with van der Waals surface area (Å²) < 4.78 is 0.